The number of para-hydroxylation sites is 2. The van der Waals surface area contributed by atoms with E-state index >= 15 is 0 Å². The van der Waals surface area contributed by atoms with E-state index in [0.717, 1.165) is 11.0 Å². The number of hydrogen-bond donors (Lipinski definition) is 1. The summed E-state index contributed by atoms with van der Waals surface area (Å²) in [6.45, 7) is 2.80. The van der Waals surface area contributed by atoms with Crippen molar-refractivity contribution in [3.05, 3.63) is 42.6 Å². The van der Waals surface area contributed by atoms with Gasteiger partial charge in [0.1, 0.15) is 5.82 Å². The van der Waals surface area contributed by atoms with Gasteiger partial charge in [-0.3, -0.25) is 0 Å². The van der Waals surface area contributed by atoms with Crippen molar-refractivity contribution in [3.63, 3.8) is 0 Å². The Balaban J connectivity index is 1.74. The van der Waals surface area contributed by atoms with Crippen LogP contribution in [0.5, 0.6) is 0 Å². The van der Waals surface area contributed by atoms with Gasteiger partial charge < -0.3 is 9.55 Å². The number of benzene rings is 1. The van der Waals surface area contributed by atoms with E-state index in [4.69, 9.17) is 0 Å². The predicted molar refractivity (Wildman–Crippen MR) is 87.5 cm³/mol. The van der Waals surface area contributed by atoms with Crippen LogP contribution in [0.15, 0.2) is 41.8 Å². The summed E-state index contributed by atoms with van der Waals surface area (Å²) in [5.41, 5.74) is 1.90. The molecule has 2 heterocycles. The minimum atomic E-state index is -3.55. The minimum absolute atomic E-state index is 0.132. The van der Waals surface area contributed by atoms with Crippen LogP contribution in [0.25, 0.3) is 11.0 Å². The number of H-pyrrole nitrogens is 1. The van der Waals surface area contributed by atoms with Gasteiger partial charge in [0.15, 0.2) is 5.03 Å². The Labute approximate surface area is 135 Å². The molecule has 2 aromatic heterocycles. The molecule has 0 radical (unpaired) electrons. The highest BCUT2D eigenvalue weighted by Crippen LogP contribution is 2.14. The first kappa shape index (κ1) is 15.7. The molecule has 0 fully saturated rings. The molecule has 122 valence electrons. The van der Waals surface area contributed by atoms with Crippen LogP contribution in [0, 0.1) is 0 Å². The van der Waals surface area contributed by atoms with Gasteiger partial charge in [0.05, 0.1) is 23.6 Å². The number of hydrogen-bond acceptors (Lipinski definition) is 4. The second-order valence-electron chi connectivity index (χ2n) is 5.30. The van der Waals surface area contributed by atoms with E-state index in [0.29, 0.717) is 25.3 Å². The Morgan fingerprint density at radius 3 is 2.78 bits per heavy atom. The minimum Gasteiger partial charge on any atom is -0.332 e. The van der Waals surface area contributed by atoms with E-state index in [1.807, 2.05) is 35.8 Å². The molecular weight excluding hydrogens is 314 g/mol. The second kappa shape index (κ2) is 6.13. The summed E-state index contributed by atoms with van der Waals surface area (Å²) in [5.74, 6) is 0.664. The van der Waals surface area contributed by atoms with Crippen molar-refractivity contribution in [1.29, 1.82) is 0 Å². The van der Waals surface area contributed by atoms with E-state index in [-0.39, 0.29) is 5.03 Å². The summed E-state index contributed by atoms with van der Waals surface area (Å²) >= 11 is 0. The molecular formula is C15H19N5O2S. The summed E-state index contributed by atoms with van der Waals surface area (Å²) in [7, 11) is -1.98. The maximum atomic E-state index is 12.5. The van der Waals surface area contributed by atoms with Gasteiger partial charge in [-0.15, -0.1) is 0 Å². The lowest BCUT2D eigenvalue weighted by atomic mass is 10.3. The van der Waals surface area contributed by atoms with E-state index in [1.165, 1.54) is 10.5 Å². The summed E-state index contributed by atoms with van der Waals surface area (Å²) < 4.78 is 28.3. The molecule has 0 atom stereocenters. The normalized spacial score (nSPS) is 12.3. The molecule has 0 amide bonds. The van der Waals surface area contributed by atoms with Crippen molar-refractivity contribution in [2.75, 3.05) is 13.6 Å². The molecule has 0 unspecified atom stereocenters. The smallest absolute Gasteiger partial charge is 0.259 e. The zero-order valence-corrected chi connectivity index (χ0v) is 13.9. The first-order chi connectivity index (χ1) is 11.0. The fourth-order valence-electron chi connectivity index (χ4n) is 2.38. The van der Waals surface area contributed by atoms with Crippen LogP contribution in [0.4, 0.5) is 0 Å². The van der Waals surface area contributed by atoms with Gasteiger partial charge >= 0.3 is 0 Å². The van der Waals surface area contributed by atoms with Gasteiger partial charge in [-0.1, -0.05) is 19.1 Å². The van der Waals surface area contributed by atoms with Crippen LogP contribution in [0.2, 0.25) is 0 Å². The summed E-state index contributed by atoms with van der Waals surface area (Å²) in [6, 6.07) is 7.78. The highest BCUT2D eigenvalue weighted by Gasteiger charge is 2.23. The molecule has 0 saturated carbocycles. The molecule has 0 saturated heterocycles. The van der Waals surface area contributed by atoms with Gasteiger partial charge in [0.25, 0.3) is 10.0 Å². The Morgan fingerprint density at radius 2 is 2.04 bits per heavy atom. The van der Waals surface area contributed by atoms with Crippen LogP contribution in [-0.2, 0) is 23.0 Å². The Bertz CT molecular complexity index is 913. The Morgan fingerprint density at radius 1 is 1.26 bits per heavy atom. The third-order valence-electron chi connectivity index (χ3n) is 3.81. The van der Waals surface area contributed by atoms with Gasteiger partial charge in [-0.2, -0.15) is 4.31 Å². The molecule has 3 aromatic rings. The van der Waals surface area contributed by atoms with Gasteiger partial charge in [-0.05, 0) is 12.1 Å². The summed E-state index contributed by atoms with van der Waals surface area (Å²) in [4.78, 5) is 11.2. The maximum absolute atomic E-state index is 12.5. The summed E-state index contributed by atoms with van der Waals surface area (Å²) in [6.07, 6.45) is 3.77. The van der Waals surface area contributed by atoms with Crippen molar-refractivity contribution >= 4 is 21.1 Å². The molecule has 0 bridgehead atoms. The zero-order chi connectivity index (χ0) is 16.4. The van der Waals surface area contributed by atoms with Crippen LogP contribution in [-0.4, -0.2) is 45.8 Å². The molecule has 1 N–H and O–H groups in total. The van der Waals surface area contributed by atoms with Crippen molar-refractivity contribution in [3.8, 4) is 0 Å². The van der Waals surface area contributed by atoms with Gasteiger partial charge in [-0.25, -0.2) is 18.4 Å². The number of sulfonamides is 1. The molecule has 8 heteroatoms. The predicted octanol–water partition coefficient (Wildman–Crippen LogP) is 1.64. The van der Waals surface area contributed by atoms with E-state index in [9.17, 15) is 8.42 Å². The average Bonchev–Trinajstić information content (AvgIpc) is 3.19. The maximum Gasteiger partial charge on any atom is 0.259 e. The Kier molecular flexibility index (Phi) is 4.18. The molecule has 7 nitrogen and oxygen atoms in total. The third-order valence-corrected chi connectivity index (χ3v) is 5.58. The average molecular weight is 333 g/mol. The molecule has 3 rings (SSSR count). The fourth-order valence-corrected chi connectivity index (χ4v) is 3.47. The fraction of sp³-hybridized carbons (Fsp3) is 0.333. The second-order valence-corrected chi connectivity index (χ2v) is 7.31. The topological polar surface area (TPSA) is 83.9 Å². The Hall–Kier alpha value is -2.19. The number of rotatable bonds is 6. The lowest BCUT2D eigenvalue weighted by molar-refractivity contribution is 0.446. The van der Waals surface area contributed by atoms with E-state index in [1.54, 1.807) is 13.4 Å². The number of aromatic nitrogens is 4. The number of imidazole rings is 2. The standard InChI is InChI=1S/C15H19N5O2S/c1-3-14-16-10-15(18-14)23(21,22)19(2)8-9-20-11-17-12-6-4-5-7-13(12)20/h4-7,10-11H,3,8-9H2,1-2H3,(H,16,18). The van der Waals surface area contributed by atoms with Crippen LogP contribution in [0.3, 0.4) is 0 Å². The highest BCUT2D eigenvalue weighted by atomic mass is 32.2. The monoisotopic (exact) mass is 333 g/mol. The SMILES string of the molecule is CCc1ncc(S(=O)(=O)N(C)CCn2cnc3ccccc32)[nH]1. The molecule has 23 heavy (non-hydrogen) atoms. The first-order valence-electron chi connectivity index (χ1n) is 7.42. The number of nitrogens with one attached hydrogen (secondary N) is 1. The molecule has 0 aliphatic heterocycles. The van der Waals surface area contributed by atoms with E-state index in [2.05, 4.69) is 15.0 Å². The van der Waals surface area contributed by atoms with Gasteiger partial charge in [0.2, 0.25) is 0 Å². The lowest BCUT2D eigenvalue weighted by Gasteiger charge is -2.16. The van der Waals surface area contributed by atoms with E-state index < -0.39 is 10.0 Å². The third kappa shape index (κ3) is 2.99. The van der Waals surface area contributed by atoms with Crippen LogP contribution < -0.4 is 0 Å². The number of nitrogens with zero attached hydrogens (tertiary/aromatic N) is 4. The number of likely N-dealkylation sites (N-methyl/N-ethyl adjacent to an activating group) is 1. The van der Waals surface area contributed by atoms with Crippen molar-refractivity contribution < 1.29 is 8.42 Å². The first-order valence-corrected chi connectivity index (χ1v) is 8.86. The molecule has 0 aliphatic carbocycles. The van der Waals surface area contributed by atoms with Gasteiger partial charge in [0, 0.05) is 26.6 Å². The highest BCUT2D eigenvalue weighted by molar-refractivity contribution is 7.89. The summed E-state index contributed by atoms with van der Waals surface area (Å²) in [5, 5.41) is 0.132. The molecule has 0 aliphatic rings. The van der Waals surface area contributed by atoms with Crippen LogP contribution in [0.1, 0.15) is 12.7 Å². The number of aromatic amines is 1. The van der Waals surface area contributed by atoms with Crippen molar-refractivity contribution in [2.45, 2.75) is 24.9 Å². The quantitative estimate of drug-likeness (QED) is 0.743. The van der Waals surface area contributed by atoms with Crippen molar-refractivity contribution in [2.24, 2.45) is 0 Å². The van der Waals surface area contributed by atoms with Crippen LogP contribution >= 0.6 is 0 Å². The largest absolute Gasteiger partial charge is 0.332 e. The molecule has 0 spiro atoms. The zero-order valence-electron chi connectivity index (χ0n) is 13.1. The van der Waals surface area contributed by atoms with Crippen molar-refractivity contribution in [1.82, 2.24) is 23.8 Å². The number of fused-ring (bicyclic) bond motifs is 1. The number of aryl methyl sites for hydroxylation is 1. The lowest BCUT2D eigenvalue weighted by Crippen LogP contribution is -2.30. The molecule has 1 aromatic carbocycles.